The van der Waals surface area contributed by atoms with Gasteiger partial charge in [0.2, 0.25) is 0 Å². The van der Waals surface area contributed by atoms with Gasteiger partial charge in [-0.3, -0.25) is 0 Å². The minimum Gasteiger partial charge on any atom is -0.391 e. The van der Waals surface area contributed by atoms with Gasteiger partial charge >= 0.3 is 0 Å². The van der Waals surface area contributed by atoms with Gasteiger partial charge in [0, 0.05) is 6.42 Å². The van der Waals surface area contributed by atoms with Crippen molar-refractivity contribution in [3.05, 3.63) is 24.3 Å². The smallest absolute Gasteiger partial charge is 0.186 e. The maximum absolute atomic E-state index is 9.39. The first-order valence-corrected chi connectivity index (χ1v) is 12.4. The van der Waals surface area contributed by atoms with Crippen molar-refractivity contribution in [3.8, 4) is 0 Å². The topological polar surface area (TPSA) is 60.7 Å². The van der Waals surface area contributed by atoms with Gasteiger partial charge in [0.25, 0.3) is 0 Å². The SMILES string of the molecule is CCCCCC[C@@H](CC=C[C@H]1CCC[C@@H]1CC=CCCCC(O)(O)CO)C1CC1. The number of aliphatic hydroxyl groups is 3. The maximum Gasteiger partial charge on any atom is 0.186 e. The normalized spacial score (nSPS) is 24.1. The summed E-state index contributed by atoms with van der Waals surface area (Å²) < 4.78 is 0. The van der Waals surface area contributed by atoms with Crippen molar-refractivity contribution in [3.63, 3.8) is 0 Å². The summed E-state index contributed by atoms with van der Waals surface area (Å²) >= 11 is 0. The first-order chi connectivity index (χ1) is 14.1. The third-order valence-corrected chi connectivity index (χ3v) is 7.06. The number of hydrogen-bond donors (Lipinski definition) is 3. The van der Waals surface area contributed by atoms with E-state index in [9.17, 15) is 10.2 Å². The molecule has 3 N–H and O–H groups in total. The summed E-state index contributed by atoms with van der Waals surface area (Å²) in [7, 11) is 0. The van der Waals surface area contributed by atoms with E-state index >= 15 is 0 Å². The first kappa shape index (κ1) is 24.6. The van der Waals surface area contributed by atoms with E-state index in [0.717, 1.165) is 36.5 Å². The molecule has 2 aliphatic carbocycles. The molecule has 0 aromatic heterocycles. The maximum atomic E-state index is 9.39. The van der Waals surface area contributed by atoms with Crippen molar-refractivity contribution >= 4 is 0 Å². The number of hydrogen-bond acceptors (Lipinski definition) is 3. The van der Waals surface area contributed by atoms with Crippen LogP contribution in [0.1, 0.15) is 103 Å². The fourth-order valence-corrected chi connectivity index (χ4v) is 4.96. The van der Waals surface area contributed by atoms with E-state index in [2.05, 4.69) is 31.2 Å². The molecule has 2 saturated carbocycles. The Morgan fingerprint density at radius 2 is 1.79 bits per heavy atom. The van der Waals surface area contributed by atoms with Crippen LogP contribution >= 0.6 is 0 Å². The Morgan fingerprint density at radius 3 is 2.52 bits per heavy atom. The Kier molecular flexibility index (Phi) is 11.6. The van der Waals surface area contributed by atoms with Crippen LogP contribution in [0.5, 0.6) is 0 Å². The molecule has 3 atom stereocenters. The lowest BCUT2D eigenvalue weighted by Gasteiger charge is -2.17. The highest BCUT2D eigenvalue weighted by Crippen LogP contribution is 2.42. The molecule has 0 unspecified atom stereocenters. The molecule has 0 amide bonds. The van der Waals surface area contributed by atoms with E-state index < -0.39 is 12.4 Å². The van der Waals surface area contributed by atoms with Crippen LogP contribution in [0.25, 0.3) is 0 Å². The van der Waals surface area contributed by atoms with Crippen molar-refractivity contribution < 1.29 is 15.3 Å². The molecule has 0 aromatic carbocycles. The number of unbranched alkanes of at least 4 members (excludes halogenated alkanes) is 4. The summed E-state index contributed by atoms with van der Waals surface area (Å²) in [5, 5.41) is 27.6. The number of allylic oxidation sites excluding steroid dienone is 4. The summed E-state index contributed by atoms with van der Waals surface area (Å²) in [5.74, 6) is 1.57. The van der Waals surface area contributed by atoms with Crippen molar-refractivity contribution in [2.24, 2.45) is 23.7 Å². The van der Waals surface area contributed by atoms with Gasteiger partial charge in [0.1, 0.15) is 0 Å². The molecule has 0 aliphatic heterocycles. The van der Waals surface area contributed by atoms with Gasteiger partial charge in [-0.05, 0) is 81.5 Å². The third-order valence-electron chi connectivity index (χ3n) is 7.06. The van der Waals surface area contributed by atoms with Crippen molar-refractivity contribution in [1.29, 1.82) is 0 Å². The fraction of sp³-hybridized carbons (Fsp3) is 0.846. The Labute approximate surface area is 179 Å². The number of rotatable bonds is 16. The monoisotopic (exact) mass is 406 g/mol. The molecule has 3 heteroatoms. The predicted octanol–water partition coefficient (Wildman–Crippen LogP) is 6.14. The highest BCUT2D eigenvalue weighted by Gasteiger charge is 2.30. The third kappa shape index (κ3) is 10.3. The Balaban J connectivity index is 1.65. The van der Waals surface area contributed by atoms with Crippen LogP contribution in [0.3, 0.4) is 0 Å². The minimum atomic E-state index is -1.91. The summed E-state index contributed by atoms with van der Waals surface area (Å²) in [5.41, 5.74) is 0. The van der Waals surface area contributed by atoms with E-state index in [1.807, 2.05) is 0 Å². The second-order valence-electron chi connectivity index (χ2n) is 9.71. The lowest BCUT2D eigenvalue weighted by Crippen LogP contribution is -2.32. The van der Waals surface area contributed by atoms with Gasteiger partial charge in [-0.25, -0.2) is 0 Å². The molecule has 0 saturated heterocycles. The van der Waals surface area contributed by atoms with Crippen LogP contribution in [0.15, 0.2) is 24.3 Å². The van der Waals surface area contributed by atoms with Gasteiger partial charge in [0.15, 0.2) is 5.79 Å². The van der Waals surface area contributed by atoms with Gasteiger partial charge in [-0.1, -0.05) is 63.3 Å². The Morgan fingerprint density at radius 1 is 0.966 bits per heavy atom. The standard InChI is InChI=1S/C26H46O3/c1-2-3-4-7-12-23(25-18-19-25)15-11-17-24-16-10-14-22(24)13-8-5-6-9-20-26(28,29)21-27/h5,8,11,17,22-25,27-29H,2-4,6-7,9-10,12-16,18-21H2,1H3/t22-,23-,24+/m0/s1. The molecular weight excluding hydrogens is 360 g/mol. The van der Waals surface area contributed by atoms with E-state index in [1.165, 1.54) is 70.6 Å². The van der Waals surface area contributed by atoms with Crippen LogP contribution in [0.4, 0.5) is 0 Å². The van der Waals surface area contributed by atoms with Crippen LogP contribution in [-0.4, -0.2) is 27.7 Å². The van der Waals surface area contributed by atoms with Gasteiger partial charge in [0.05, 0.1) is 6.61 Å². The van der Waals surface area contributed by atoms with Crippen molar-refractivity contribution in [1.82, 2.24) is 0 Å². The summed E-state index contributed by atoms with van der Waals surface area (Å²) in [6.07, 6.45) is 27.7. The molecule has 2 rings (SSSR count). The quantitative estimate of drug-likeness (QED) is 0.164. The molecule has 0 radical (unpaired) electrons. The van der Waals surface area contributed by atoms with Gasteiger partial charge < -0.3 is 15.3 Å². The largest absolute Gasteiger partial charge is 0.391 e. The van der Waals surface area contributed by atoms with Crippen LogP contribution < -0.4 is 0 Å². The average molecular weight is 407 g/mol. The average Bonchev–Trinajstić information content (AvgIpc) is 3.46. The van der Waals surface area contributed by atoms with E-state index in [4.69, 9.17) is 5.11 Å². The molecule has 0 heterocycles. The van der Waals surface area contributed by atoms with Crippen molar-refractivity contribution in [2.75, 3.05) is 6.61 Å². The summed E-state index contributed by atoms with van der Waals surface area (Å²) in [6, 6.07) is 0. The molecule has 29 heavy (non-hydrogen) atoms. The van der Waals surface area contributed by atoms with Gasteiger partial charge in [-0.2, -0.15) is 0 Å². The molecule has 0 aromatic rings. The van der Waals surface area contributed by atoms with Crippen LogP contribution in [-0.2, 0) is 0 Å². The van der Waals surface area contributed by atoms with Crippen LogP contribution in [0, 0.1) is 23.7 Å². The van der Waals surface area contributed by atoms with Gasteiger partial charge in [-0.15, -0.1) is 0 Å². The van der Waals surface area contributed by atoms with E-state index in [-0.39, 0.29) is 6.42 Å². The van der Waals surface area contributed by atoms with E-state index in [1.54, 1.807) is 0 Å². The zero-order valence-corrected chi connectivity index (χ0v) is 18.8. The molecule has 3 nitrogen and oxygen atoms in total. The van der Waals surface area contributed by atoms with E-state index in [0.29, 0.717) is 6.42 Å². The molecule has 0 bridgehead atoms. The summed E-state index contributed by atoms with van der Waals surface area (Å²) in [4.78, 5) is 0. The predicted molar refractivity (Wildman–Crippen MR) is 121 cm³/mol. The minimum absolute atomic E-state index is 0.225. The second-order valence-corrected chi connectivity index (χ2v) is 9.71. The molecule has 2 fully saturated rings. The molecular formula is C26H46O3. The Bertz CT molecular complexity index is 478. The lowest BCUT2D eigenvalue weighted by molar-refractivity contribution is -0.191. The highest BCUT2D eigenvalue weighted by molar-refractivity contribution is 4.99. The second kappa shape index (κ2) is 13.6. The molecule has 168 valence electrons. The molecule has 2 aliphatic rings. The lowest BCUT2D eigenvalue weighted by atomic mass is 9.89. The highest BCUT2D eigenvalue weighted by atomic mass is 16.5. The fourth-order valence-electron chi connectivity index (χ4n) is 4.96. The summed E-state index contributed by atoms with van der Waals surface area (Å²) in [6.45, 7) is 1.70. The van der Waals surface area contributed by atoms with Crippen molar-refractivity contribution in [2.45, 2.75) is 109 Å². The Hall–Kier alpha value is -0.640. The zero-order chi connectivity index (χ0) is 21.0. The van der Waals surface area contributed by atoms with Crippen LogP contribution in [0.2, 0.25) is 0 Å². The number of aliphatic hydroxyl groups excluding tert-OH is 1. The zero-order valence-electron chi connectivity index (χ0n) is 18.8. The first-order valence-electron chi connectivity index (χ1n) is 12.4. The molecule has 0 spiro atoms.